The first-order chi connectivity index (χ1) is 44.9. The molecular formula is C60H120N4O23Si6. The van der Waals surface area contributed by atoms with Crippen molar-refractivity contribution in [2.24, 2.45) is 17.8 Å². The van der Waals surface area contributed by atoms with Crippen LogP contribution in [0.5, 0.6) is 0 Å². The minimum atomic E-state index is -2.75. The van der Waals surface area contributed by atoms with Crippen molar-refractivity contribution in [3.8, 4) is 0 Å². The van der Waals surface area contributed by atoms with Crippen molar-refractivity contribution >= 4 is 70.2 Å². The van der Waals surface area contributed by atoms with E-state index in [0.29, 0.717) is 74.8 Å². The van der Waals surface area contributed by atoms with Crippen LogP contribution in [0.3, 0.4) is 0 Å². The number of carbonyl (C=O) groups excluding carboxylic acids is 2. The molecule has 1 aromatic heterocycles. The van der Waals surface area contributed by atoms with Crippen molar-refractivity contribution in [2.75, 3.05) is 133 Å². The van der Waals surface area contributed by atoms with Crippen LogP contribution in [0.1, 0.15) is 123 Å². The number of aryl methyl sites for hydroxylation is 2. The third-order valence-electron chi connectivity index (χ3n) is 17.6. The Hall–Kier alpha value is -2.65. The lowest BCUT2D eigenvalue weighted by molar-refractivity contribution is -0.117. The van der Waals surface area contributed by atoms with Crippen LogP contribution in [0.15, 0.2) is 32.6 Å². The van der Waals surface area contributed by atoms with E-state index < -0.39 is 69.9 Å². The van der Waals surface area contributed by atoms with E-state index in [2.05, 4.69) is 11.4 Å². The molecule has 1 fully saturated rings. The van der Waals surface area contributed by atoms with E-state index in [1.807, 2.05) is 12.1 Å². The number of carbonyl (C=O) groups is 2. The predicted molar refractivity (Wildman–Crippen MR) is 368 cm³/mol. The highest BCUT2D eigenvalue weighted by molar-refractivity contribution is 6.62. The molecule has 3 unspecified atom stereocenters. The summed E-state index contributed by atoms with van der Waals surface area (Å²) in [5.74, 6) is 1.88. The lowest BCUT2D eigenvalue weighted by Gasteiger charge is -2.27. The normalized spacial score (nSPS) is 15.8. The van der Waals surface area contributed by atoms with Crippen molar-refractivity contribution in [3.05, 3.63) is 60.8 Å². The molecule has 3 rings (SSSR count). The van der Waals surface area contributed by atoms with Gasteiger partial charge in [-0.2, -0.15) is 0 Å². The molecule has 1 aliphatic carbocycles. The first-order valence-electron chi connectivity index (χ1n) is 32.6. The number of amides is 1. The molecule has 1 amide bonds. The van der Waals surface area contributed by atoms with Crippen LogP contribution in [0, 0.1) is 17.8 Å². The molecule has 0 aliphatic heterocycles. The van der Waals surface area contributed by atoms with Crippen LogP contribution >= 0.6 is 0 Å². The Bertz CT molecular complexity index is 2430. The topological polar surface area (TPSA) is 278 Å². The molecule has 27 nitrogen and oxygen atoms in total. The monoisotopic (exact) mass is 1430 g/mol. The summed E-state index contributed by atoms with van der Waals surface area (Å²) in [7, 11) is 13.1. The summed E-state index contributed by atoms with van der Waals surface area (Å²) in [5, 5.41) is 2.90. The van der Waals surface area contributed by atoms with Gasteiger partial charge in [0.05, 0.1) is 0 Å². The zero-order valence-corrected chi connectivity index (χ0v) is 66.1. The van der Waals surface area contributed by atoms with Crippen LogP contribution in [-0.2, 0) is 122 Å². The highest BCUT2D eigenvalue weighted by Crippen LogP contribution is 2.45. The first-order valence-corrected chi connectivity index (χ1v) is 43.5. The third kappa shape index (κ3) is 28.6. The first kappa shape index (κ1) is 86.4. The highest BCUT2D eigenvalue weighted by Gasteiger charge is 2.45. The molecule has 0 spiro atoms. The molecule has 542 valence electrons. The molecule has 1 aliphatic rings. The van der Waals surface area contributed by atoms with Gasteiger partial charge in [-0.1, -0.05) is 19.4 Å². The fraction of sp³-hybridized carbons (Fsp3) is 0.817. The fourth-order valence-electron chi connectivity index (χ4n) is 11.8. The average molecular weight is 1440 g/mol. The molecule has 0 saturated heterocycles. The van der Waals surface area contributed by atoms with Crippen molar-refractivity contribution in [1.82, 2.24) is 13.7 Å². The van der Waals surface area contributed by atoms with Crippen LogP contribution in [0.2, 0.25) is 36.3 Å². The number of unbranched alkanes of at least 4 members (excludes halogenated alkanes) is 3. The zero-order chi connectivity index (χ0) is 71.0. The number of nitrogens with zero attached hydrogens (tertiary/aromatic N) is 3. The van der Waals surface area contributed by atoms with E-state index in [-0.39, 0.29) is 38.2 Å². The average Bonchev–Trinajstić information content (AvgIpc) is 0.957. The number of hydrogen-bond acceptors (Lipinski definition) is 23. The van der Waals surface area contributed by atoms with E-state index in [1.54, 1.807) is 92.2 Å². The van der Waals surface area contributed by atoms with Gasteiger partial charge in [-0.05, 0) is 138 Å². The SMILES string of the molecule is CO[Si](CCC1CC(CCC(C)=O)C(CC[Si](OC)(OC)OC)C1)(OC)OC.CO[Si](CCCc1cc(CCC[Si](OC)(OC)OC)cc(NC(C)=O)c1)(OC)OC.[3H]CCCCn1c(=O)n(CCCC[Si](OC)(OC)OC)c(=O)n(CCCC[Si](OC)(OC)OC)c1=O. The van der Waals surface area contributed by atoms with Gasteiger partial charge >= 0.3 is 69.9 Å². The van der Waals surface area contributed by atoms with Gasteiger partial charge in [0.2, 0.25) is 5.91 Å². The fourth-order valence-corrected chi connectivity index (χ4v) is 22.6. The van der Waals surface area contributed by atoms with Crippen LogP contribution < -0.4 is 22.4 Å². The molecular weight excluding hydrogens is 1310 g/mol. The van der Waals surface area contributed by atoms with E-state index in [0.717, 1.165) is 112 Å². The Kier molecular flexibility index (Phi) is 43.3. The number of ketones is 1. The minimum absolute atomic E-state index is 0.0905. The summed E-state index contributed by atoms with van der Waals surface area (Å²) in [5.41, 5.74) is 1.24. The molecule has 2 aromatic rings. The van der Waals surface area contributed by atoms with Crippen LogP contribution in [0.25, 0.3) is 0 Å². The standard InChI is InChI=1S/C21H43N3O9Si2.C20H37NO7Si2.C19H40O7Si2/c1-8-9-14-22-19(25)23(15-10-12-17-34(28-2,29-3)30-4)21(27)24(20(22)26)16-11-13-18-35(31-5,32-6)33-7;1-17(22)21-20-15-18(10-8-12-29(23-2,24-3)25-4)14-19(16-20)11-9-13-30(26-5,27-6)28-7;1-16(20)8-9-18-14-17(10-12-27(21-2,22-3)23-4)15-19(18)11-13-28(24-5,25-6)26-7/h8-18H2,1-7H3;14-16H,8-13H2,1-7H3,(H,21,22);17-19H,8-15H2,1-7H3/i1T;;. The maximum absolute atomic E-state index is 13.2. The molecule has 3 atom stereocenters. The van der Waals surface area contributed by atoms with Crippen LogP contribution in [-0.4, -0.2) is 206 Å². The summed E-state index contributed by atoms with van der Waals surface area (Å²) in [6.45, 7) is 3.87. The number of aromatic nitrogens is 3. The van der Waals surface area contributed by atoms with Gasteiger partial charge in [0.1, 0.15) is 5.78 Å². The summed E-state index contributed by atoms with van der Waals surface area (Å²) < 4.78 is 110. The van der Waals surface area contributed by atoms with Gasteiger partial charge in [0.15, 0.2) is 0 Å². The second-order valence-corrected chi connectivity index (χ2v) is 41.3. The summed E-state index contributed by atoms with van der Waals surface area (Å²) in [6.07, 6.45) is 12.6. The minimum Gasteiger partial charge on any atom is -0.377 e. The number of Topliss-reactive ketones (excluding diaryl/α,β-unsaturated/α-hetero) is 1. The van der Waals surface area contributed by atoms with E-state index in [4.69, 9.17) is 81.0 Å². The Morgan fingerprint density at radius 1 is 0.419 bits per heavy atom. The summed E-state index contributed by atoms with van der Waals surface area (Å²) >= 11 is 0. The molecule has 1 heterocycles. The van der Waals surface area contributed by atoms with Gasteiger partial charge in [-0.3, -0.25) is 4.79 Å². The third-order valence-corrected chi connectivity index (χ3v) is 34.5. The second kappa shape index (κ2) is 46.6. The van der Waals surface area contributed by atoms with E-state index >= 15 is 0 Å². The molecule has 1 saturated carbocycles. The van der Waals surface area contributed by atoms with E-state index in [9.17, 15) is 24.0 Å². The van der Waals surface area contributed by atoms with Gasteiger partial charge in [0.25, 0.3) is 0 Å². The zero-order valence-electron chi connectivity index (χ0n) is 61.1. The van der Waals surface area contributed by atoms with Gasteiger partial charge in [0, 0.05) is 204 Å². The Balaban J connectivity index is 0.000000711. The van der Waals surface area contributed by atoms with Gasteiger partial charge in [-0.25, -0.2) is 28.1 Å². The van der Waals surface area contributed by atoms with Crippen molar-refractivity contribution in [2.45, 2.75) is 179 Å². The molecule has 1 aromatic carbocycles. The van der Waals surface area contributed by atoms with E-state index in [1.165, 1.54) is 49.6 Å². The molecule has 0 radical (unpaired) electrons. The number of benzene rings is 1. The maximum atomic E-state index is 13.2. The van der Waals surface area contributed by atoms with Crippen molar-refractivity contribution < 1.29 is 90.6 Å². The number of anilines is 1. The quantitative estimate of drug-likeness (QED) is 0.0484. The summed E-state index contributed by atoms with van der Waals surface area (Å²) in [4.78, 5) is 62.3. The highest BCUT2D eigenvalue weighted by atomic mass is 28.4. The Morgan fingerprint density at radius 3 is 1.03 bits per heavy atom. The van der Waals surface area contributed by atoms with Crippen molar-refractivity contribution in [3.63, 3.8) is 0 Å². The molecule has 33 heteroatoms. The molecule has 93 heavy (non-hydrogen) atoms. The number of nitrogens with one attached hydrogen (secondary N) is 1. The maximum Gasteiger partial charge on any atom is 0.500 e. The Morgan fingerprint density at radius 2 is 0.720 bits per heavy atom. The Labute approximate surface area is 563 Å². The van der Waals surface area contributed by atoms with Gasteiger partial charge < -0.3 is 89.8 Å². The molecule has 1 N–H and O–H groups in total. The van der Waals surface area contributed by atoms with Gasteiger partial charge in [-0.15, -0.1) is 0 Å². The lowest BCUT2D eigenvalue weighted by atomic mass is 9.89. The predicted octanol–water partition coefficient (Wildman–Crippen LogP) is 8.09. The van der Waals surface area contributed by atoms with Crippen LogP contribution in [0.4, 0.5) is 5.69 Å². The second-order valence-electron chi connectivity index (χ2n) is 22.8. The largest absolute Gasteiger partial charge is 0.500 e. The van der Waals surface area contributed by atoms with Crippen molar-refractivity contribution in [1.29, 1.82) is 0 Å². The number of rotatable bonds is 49. The smallest absolute Gasteiger partial charge is 0.377 e. The summed E-state index contributed by atoms with van der Waals surface area (Å²) in [6, 6.07) is 10.3. The molecule has 0 bridgehead atoms. The lowest BCUT2D eigenvalue weighted by Crippen LogP contribution is -2.54. The number of hydrogen-bond donors (Lipinski definition) is 1.